The Balaban J connectivity index is 0.000000461. The molecule has 0 aromatic heterocycles. The summed E-state index contributed by atoms with van der Waals surface area (Å²) >= 11 is 0. The first-order valence-electron chi connectivity index (χ1n) is 5.37. The third kappa shape index (κ3) is 2.90. The Morgan fingerprint density at radius 3 is 2.71 bits per heavy atom. The monoisotopic (exact) mass is 186 g/mol. The first-order chi connectivity index (χ1) is 6.84. The van der Waals surface area contributed by atoms with Gasteiger partial charge in [0.15, 0.2) is 0 Å². The van der Waals surface area contributed by atoms with Crippen molar-refractivity contribution in [1.29, 1.82) is 0 Å². The summed E-state index contributed by atoms with van der Waals surface area (Å²) < 4.78 is 0. The van der Waals surface area contributed by atoms with Crippen LogP contribution in [0.15, 0.2) is 52.8 Å². The van der Waals surface area contributed by atoms with Gasteiger partial charge in [-0.2, -0.15) is 0 Å². The van der Waals surface area contributed by atoms with Crippen LogP contribution < -0.4 is 0 Å². The lowest BCUT2D eigenvalue weighted by Gasteiger charge is -1.95. The van der Waals surface area contributed by atoms with E-state index in [-0.39, 0.29) is 0 Å². The molecule has 2 aliphatic carbocycles. The van der Waals surface area contributed by atoms with E-state index in [4.69, 9.17) is 0 Å². The molecular weight excluding hydrogens is 168 g/mol. The summed E-state index contributed by atoms with van der Waals surface area (Å²) in [7, 11) is 0. The maximum atomic E-state index is 3.39. The molecule has 2 rings (SSSR count). The van der Waals surface area contributed by atoms with Crippen molar-refractivity contribution >= 4 is 0 Å². The van der Waals surface area contributed by atoms with Gasteiger partial charge in [0.1, 0.15) is 0 Å². The third-order valence-electron chi connectivity index (χ3n) is 2.11. The predicted molar refractivity (Wildman–Crippen MR) is 63.2 cm³/mol. The normalized spacial score (nSPS) is 18.1. The maximum Gasteiger partial charge on any atom is 0.0164 e. The van der Waals surface area contributed by atoms with Gasteiger partial charge in [0, 0.05) is 5.57 Å². The van der Waals surface area contributed by atoms with Crippen LogP contribution in [0.1, 0.15) is 33.6 Å². The fraction of sp³-hybridized carbons (Fsp3) is 0.357. The molecule has 0 heterocycles. The van der Waals surface area contributed by atoms with Crippen molar-refractivity contribution in [2.45, 2.75) is 33.6 Å². The van der Waals surface area contributed by atoms with Crippen LogP contribution in [0, 0.1) is 0 Å². The van der Waals surface area contributed by atoms with E-state index in [1.54, 1.807) is 0 Å². The van der Waals surface area contributed by atoms with Crippen LogP contribution in [0.3, 0.4) is 0 Å². The fourth-order valence-corrected chi connectivity index (χ4v) is 1.49. The van der Waals surface area contributed by atoms with Gasteiger partial charge in [-0.05, 0) is 37.5 Å². The molecule has 0 nitrogen and oxygen atoms in total. The maximum absolute atomic E-state index is 3.39. The Bertz CT molecular complexity index is 342. The van der Waals surface area contributed by atoms with E-state index >= 15 is 0 Å². The van der Waals surface area contributed by atoms with E-state index in [1.165, 1.54) is 16.7 Å². The SMILES string of the molecule is CC.CC1=CC2=C=C(C=CCC2)C=C1. The van der Waals surface area contributed by atoms with Gasteiger partial charge in [0.25, 0.3) is 0 Å². The van der Waals surface area contributed by atoms with Crippen LogP contribution in [0.5, 0.6) is 0 Å². The Morgan fingerprint density at radius 2 is 1.93 bits per heavy atom. The lowest BCUT2D eigenvalue weighted by atomic mass is 10.1. The lowest BCUT2D eigenvalue weighted by Crippen LogP contribution is -1.76. The molecule has 0 aromatic rings. The lowest BCUT2D eigenvalue weighted by molar-refractivity contribution is 1.01. The molecule has 0 heteroatoms. The van der Waals surface area contributed by atoms with Crippen LogP contribution in [0.25, 0.3) is 0 Å². The summed E-state index contributed by atoms with van der Waals surface area (Å²) in [5.41, 5.74) is 7.25. The molecule has 2 aliphatic rings. The quantitative estimate of drug-likeness (QED) is 0.494. The van der Waals surface area contributed by atoms with Gasteiger partial charge < -0.3 is 0 Å². The number of allylic oxidation sites excluding steroid dienone is 7. The average molecular weight is 186 g/mol. The first kappa shape index (κ1) is 10.8. The molecule has 0 amide bonds. The second-order valence-electron chi connectivity index (χ2n) is 3.27. The molecule has 0 aliphatic heterocycles. The van der Waals surface area contributed by atoms with Crippen molar-refractivity contribution in [3.63, 3.8) is 0 Å². The van der Waals surface area contributed by atoms with E-state index in [1.807, 2.05) is 13.8 Å². The van der Waals surface area contributed by atoms with Crippen LogP contribution in [-0.4, -0.2) is 0 Å². The highest BCUT2D eigenvalue weighted by Gasteiger charge is 2.00. The molecule has 2 bridgehead atoms. The predicted octanol–water partition coefficient (Wildman–Crippen LogP) is 4.33. The molecule has 0 unspecified atom stereocenters. The molecule has 0 fully saturated rings. The minimum Gasteiger partial charge on any atom is -0.109 e. The van der Waals surface area contributed by atoms with Crippen molar-refractivity contribution in [3.8, 4) is 0 Å². The van der Waals surface area contributed by atoms with E-state index < -0.39 is 0 Å². The van der Waals surface area contributed by atoms with Gasteiger partial charge in [-0.25, -0.2) is 0 Å². The molecule has 0 saturated heterocycles. The Labute approximate surface area is 87.0 Å². The molecule has 14 heavy (non-hydrogen) atoms. The van der Waals surface area contributed by atoms with E-state index in [9.17, 15) is 0 Å². The average Bonchev–Trinajstić information content (AvgIpc) is 2.53. The van der Waals surface area contributed by atoms with Gasteiger partial charge in [0.05, 0.1) is 0 Å². The topological polar surface area (TPSA) is 0 Å². The largest absolute Gasteiger partial charge is 0.109 e. The highest BCUT2D eigenvalue weighted by molar-refractivity contribution is 5.43. The minimum absolute atomic E-state index is 1.12. The summed E-state index contributed by atoms with van der Waals surface area (Å²) in [6.07, 6.45) is 13.1. The highest BCUT2D eigenvalue weighted by Crippen LogP contribution is 2.18. The Morgan fingerprint density at radius 1 is 1.14 bits per heavy atom. The molecule has 0 N–H and O–H groups in total. The van der Waals surface area contributed by atoms with Crippen LogP contribution in [0.2, 0.25) is 0 Å². The zero-order valence-electron chi connectivity index (χ0n) is 9.30. The molecule has 0 radical (unpaired) electrons. The zero-order chi connectivity index (χ0) is 10.4. The third-order valence-corrected chi connectivity index (χ3v) is 2.11. The van der Waals surface area contributed by atoms with Gasteiger partial charge in [0.2, 0.25) is 0 Å². The first-order valence-corrected chi connectivity index (χ1v) is 5.37. The minimum atomic E-state index is 1.12. The Kier molecular flexibility index (Phi) is 4.22. The smallest absolute Gasteiger partial charge is 0.0164 e. The van der Waals surface area contributed by atoms with Crippen molar-refractivity contribution in [1.82, 2.24) is 0 Å². The second-order valence-corrected chi connectivity index (χ2v) is 3.27. The molecule has 0 saturated carbocycles. The van der Waals surface area contributed by atoms with Gasteiger partial charge >= 0.3 is 0 Å². The molecule has 74 valence electrons. The van der Waals surface area contributed by atoms with Crippen LogP contribution in [-0.2, 0) is 0 Å². The second kappa shape index (κ2) is 5.47. The summed E-state index contributed by atoms with van der Waals surface area (Å²) in [4.78, 5) is 0. The van der Waals surface area contributed by atoms with Gasteiger partial charge in [-0.15, -0.1) is 5.73 Å². The van der Waals surface area contributed by atoms with Crippen molar-refractivity contribution in [2.24, 2.45) is 0 Å². The summed E-state index contributed by atoms with van der Waals surface area (Å²) in [5, 5.41) is 0. The van der Waals surface area contributed by atoms with E-state index in [0.717, 1.165) is 12.8 Å². The molecule has 0 spiro atoms. The van der Waals surface area contributed by atoms with Crippen LogP contribution in [0.4, 0.5) is 0 Å². The number of hydrogen-bond acceptors (Lipinski definition) is 0. The van der Waals surface area contributed by atoms with Gasteiger partial charge in [-0.1, -0.05) is 37.6 Å². The Hall–Kier alpha value is -1.26. The van der Waals surface area contributed by atoms with Crippen molar-refractivity contribution < 1.29 is 0 Å². The van der Waals surface area contributed by atoms with E-state index in [0.29, 0.717) is 0 Å². The summed E-state index contributed by atoms with van der Waals surface area (Å²) in [6, 6.07) is 0. The summed E-state index contributed by atoms with van der Waals surface area (Å²) in [6.45, 7) is 6.13. The fourth-order valence-electron chi connectivity index (χ4n) is 1.49. The number of rotatable bonds is 0. The standard InChI is InChI=1S/C12H12.C2H6/c1-10-6-7-11-4-2-3-5-12(8-10)9-11;1-2/h2,4,6-8H,3,5H2,1H3;1-2H3. The summed E-state index contributed by atoms with van der Waals surface area (Å²) in [5.74, 6) is 0. The van der Waals surface area contributed by atoms with Crippen LogP contribution >= 0.6 is 0 Å². The zero-order valence-corrected chi connectivity index (χ0v) is 9.30. The van der Waals surface area contributed by atoms with E-state index in [2.05, 4.69) is 43.0 Å². The number of hydrogen-bond donors (Lipinski definition) is 0. The highest BCUT2D eigenvalue weighted by atomic mass is 14.0. The molecule has 0 aromatic carbocycles. The van der Waals surface area contributed by atoms with Crippen molar-refractivity contribution in [3.05, 3.63) is 52.8 Å². The van der Waals surface area contributed by atoms with Crippen molar-refractivity contribution in [2.75, 3.05) is 0 Å². The molecule has 0 atom stereocenters. The molecular formula is C14H18. The van der Waals surface area contributed by atoms with Gasteiger partial charge in [-0.3, -0.25) is 0 Å².